The predicted octanol–water partition coefficient (Wildman–Crippen LogP) is 1.47. The van der Waals surface area contributed by atoms with Crippen molar-refractivity contribution in [3.63, 3.8) is 0 Å². The van der Waals surface area contributed by atoms with Gasteiger partial charge in [-0.1, -0.05) is 25.1 Å². The Labute approximate surface area is 114 Å². The molecule has 1 N–H and O–H groups in total. The fraction of sp³-hybridized carbons (Fsp3) is 0.533. The summed E-state index contributed by atoms with van der Waals surface area (Å²) >= 11 is 0. The maximum absolute atomic E-state index is 12.6. The molecule has 4 nitrogen and oxygen atoms in total. The molecule has 0 bridgehead atoms. The lowest BCUT2D eigenvalue weighted by Crippen LogP contribution is -2.50. The number of aryl methyl sites for hydroxylation is 1. The smallest absolute Gasteiger partial charge is 0.254 e. The quantitative estimate of drug-likeness (QED) is 0.898. The van der Waals surface area contributed by atoms with Crippen LogP contribution in [0.4, 0.5) is 0 Å². The lowest BCUT2D eigenvalue weighted by atomic mass is 10.0. The number of ether oxygens (including phenoxy) is 1. The van der Waals surface area contributed by atoms with Crippen molar-refractivity contribution in [3.05, 3.63) is 35.4 Å². The van der Waals surface area contributed by atoms with Crippen molar-refractivity contribution in [2.24, 2.45) is 0 Å². The third-order valence-corrected chi connectivity index (χ3v) is 3.45. The van der Waals surface area contributed by atoms with Crippen molar-refractivity contribution in [3.8, 4) is 0 Å². The highest BCUT2D eigenvalue weighted by atomic mass is 16.5. The van der Waals surface area contributed by atoms with Gasteiger partial charge in [-0.15, -0.1) is 0 Å². The number of rotatable bonds is 3. The Hall–Kier alpha value is -1.39. The fourth-order valence-corrected chi connectivity index (χ4v) is 2.52. The van der Waals surface area contributed by atoms with Crippen LogP contribution in [0.2, 0.25) is 0 Å². The van der Waals surface area contributed by atoms with E-state index < -0.39 is 0 Å². The summed E-state index contributed by atoms with van der Waals surface area (Å²) in [6.07, 6.45) is 0.524. The molecule has 104 valence electrons. The van der Waals surface area contributed by atoms with Crippen LogP contribution < -0.4 is 0 Å². The van der Waals surface area contributed by atoms with Gasteiger partial charge in [0.15, 0.2) is 0 Å². The van der Waals surface area contributed by atoms with Gasteiger partial charge < -0.3 is 14.7 Å². The van der Waals surface area contributed by atoms with Crippen LogP contribution in [0.5, 0.6) is 0 Å². The van der Waals surface area contributed by atoms with Crippen LogP contribution in [-0.4, -0.2) is 47.8 Å². The van der Waals surface area contributed by atoms with Crippen LogP contribution in [0.3, 0.4) is 0 Å². The van der Waals surface area contributed by atoms with Crippen LogP contribution in [-0.2, 0) is 11.2 Å². The second-order valence-corrected chi connectivity index (χ2v) is 4.97. The molecule has 2 rings (SSSR count). The number of hydrogen-bond acceptors (Lipinski definition) is 3. The van der Waals surface area contributed by atoms with Gasteiger partial charge in [0.25, 0.3) is 5.91 Å². The van der Waals surface area contributed by atoms with Crippen molar-refractivity contribution in [2.45, 2.75) is 32.5 Å². The van der Waals surface area contributed by atoms with E-state index in [4.69, 9.17) is 4.74 Å². The van der Waals surface area contributed by atoms with Crippen molar-refractivity contribution in [1.29, 1.82) is 0 Å². The van der Waals surface area contributed by atoms with Crippen molar-refractivity contribution >= 4 is 5.91 Å². The molecule has 4 heteroatoms. The monoisotopic (exact) mass is 263 g/mol. The first-order valence-corrected chi connectivity index (χ1v) is 6.79. The summed E-state index contributed by atoms with van der Waals surface area (Å²) in [5.74, 6) is 0.0334. The van der Waals surface area contributed by atoms with E-state index in [9.17, 15) is 9.90 Å². The molecule has 19 heavy (non-hydrogen) atoms. The summed E-state index contributed by atoms with van der Waals surface area (Å²) in [5.41, 5.74) is 1.82. The second-order valence-electron chi connectivity index (χ2n) is 4.97. The van der Waals surface area contributed by atoms with E-state index in [1.807, 2.05) is 38.1 Å². The SMILES string of the molecule is CCc1ccccc1C(=O)N1CC(C)OC(CO)C1. The predicted molar refractivity (Wildman–Crippen MR) is 73.1 cm³/mol. The third kappa shape index (κ3) is 3.14. The summed E-state index contributed by atoms with van der Waals surface area (Å²) < 4.78 is 5.56. The number of carbonyl (C=O) groups is 1. The summed E-state index contributed by atoms with van der Waals surface area (Å²) in [6, 6.07) is 7.70. The average molecular weight is 263 g/mol. The zero-order chi connectivity index (χ0) is 13.8. The van der Waals surface area contributed by atoms with Crippen molar-refractivity contribution in [1.82, 2.24) is 4.90 Å². The number of amides is 1. The molecular weight excluding hydrogens is 242 g/mol. The van der Waals surface area contributed by atoms with Gasteiger partial charge in [-0.3, -0.25) is 4.79 Å². The first-order chi connectivity index (χ1) is 9.15. The van der Waals surface area contributed by atoms with Gasteiger partial charge in [-0.05, 0) is 25.0 Å². The summed E-state index contributed by atoms with van der Waals surface area (Å²) in [7, 11) is 0. The topological polar surface area (TPSA) is 49.8 Å². The molecule has 1 amide bonds. The minimum absolute atomic E-state index is 0.0334. The highest BCUT2D eigenvalue weighted by molar-refractivity contribution is 5.95. The first kappa shape index (κ1) is 14.0. The van der Waals surface area contributed by atoms with E-state index in [-0.39, 0.29) is 24.7 Å². The zero-order valence-corrected chi connectivity index (χ0v) is 11.5. The summed E-state index contributed by atoms with van der Waals surface area (Å²) in [6.45, 7) is 4.95. The largest absolute Gasteiger partial charge is 0.394 e. The molecule has 1 aromatic rings. The second kappa shape index (κ2) is 6.17. The van der Waals surface area contributed by atoms with Gasteiger partial charge in [-0.25, -0.2) is 0 Å². The molecule has 1 saturated heterocycles. The molecule has 0 spiro atoms. The van der Waals surface area contributed by atoms with Gasteiger partial charge in [0.05, 0.1) is 18.8 Å². The number of carbonyl (C=O) groups excluding carboxylic acids is 1. The Morgan fingerprint density at radius 2 is 2.16 bits per heavy atom. The van der Waals surface area contributed by atoms with Crippen LogP contribution in [0.15, 0.2) is 24.3 Å². The van der Waals surface area contributed by atoms with Crippen molar-refractivity contribution < 1.29 is 14.6 Å². The number of nitrogens with zero attached hydrogens (tertiary/aromatic N) is 1. The van der Waals surface area contributed by atoms with Gasteiger partial charge >= 0.3 is 0 Å². The van der Waals surface area contributed by atoms with Gasteiger partial charge in [-0.2, -0.15) is 0 Å². The van der Waals surface area contributed by atoms with E-state index in [1.54, 1.807) is 4.90 Å². The van der Waals surface area contributed by atoms with E-state index in [0.29, 0.717) is 13.1 Å². The van der Waals surface area contributed by atoms with Crippen molar-refractivity contribution in [2.75, 3.05) is 19.7 Å². The van der Waals surface area contributed by atoms with Crippen LogP contribution in [0.1, 0.15) is 29.8 Å². The molecule has 0 saturated carbocycles. The Morgan fingerprint density at radius 3 is 2.84 bits per heavy atom. The molecule has 1 aliphatic heterocycles. The molecule has 0 aliphatic carbocycles. The first-order valence-electron chi connectivity index (χ1n) is 6.79. The Morgan fingerprint density at radius 1 is 1.42 bits per heavy atom. The number of morpholine rings is 1. The Balaban J connectivity index is 2.18. The van der Waals surface area contributed by atoms with Gasteiger partial charge in [0.1, 0.15) is 0 Å². The van der Waals surface area contributed by atoms with Gasteiger partial charge in [0, 0.05) is 18.7 Å². The molecule has 0 radical (unpaired) electrons. The maximum Gasteiger partial charge on any atom is 0.254 e. The molecule has 2 atom stereocenters. The number of aliphatic hydroxyl groups is 1. The third-order valence-electron chi connectivity index (χ3n) is 3.45. The van der Waals surface area contributed by atoms with Gasteiger partial charge in [0.2, 0.25) is 0 Å². The van der Waals surface area contributed by atoms with E-state index >= 15 is 0 Å². The molecule has 1 heterocycles. The van der Waals surface area contributed by atoms with E-state index in [2.05, 4.69) is 0 Å². The molecule has 1 aliphatic rings. The highest BCUT2D eigenvalue weighted by Crippen LogP contribution is 2.17. The number of aliphatic hydroxyl groups excluding tert-OH is 1. The Bertz CT molecular complexity index is 447. The minimum atomic E-state index is -0.276. The maximum atomic E-state index is 12.6. The summed E-state index contributed by atoms with van der Waals surface area (Å²) in [4.78, 5) is 14.4. The lowest BCUT2D eigenvalue weighted by Gasteiger charge is -2.36. The lowest BCUT2D eigenvalue weighted by molar-refractivity contribution is -0.0858. The van der Waals surface area contributed by atoms with Crippen LogP contribution in [0, 0.1) is 0 Å². The van der Waals surface area contributed by atoms with Crippen LogP contribution in [0.25, 0.3) is 0 Å². The molecule has 2 unspecified atom stereocenters. The highest BCUT2D eigenvalue weighted by Gasteiger charge is 2.29. The fourth-order valence-electron chi connectivity index (χ4n) is 2.52. The Kier molecular flexibility index (Phi) is 4.56. The molecule has 0 aromatic heterocycles. The number of hydrogen-bond donors (Lipinski definition) is 1. The van der Waals surface area contributed by atoms with Crippen LogP contribution >= 0.6 is 0 Å². The van der Waals surface area contributed by atoms with E-state index in [0.717, 1.165) is 17.5 Å². The zero-order valence-electron chi connectivity index (χ0n) is 11.5. The van der Waals surface area contributed by atoms with E-state index in [1.165, 1.54) is 0 Å². The minimum Gasteiger partial charge on any atom is -0.394 e. The summed E-state index contributed by atoms with van der Waals surface area (Å²) in [5, 5.41) is 9.22. The normalized spacial score (nSPS) is 23.4. The number of benzene rings is 1. The standard InChI is InChI=1S/C15H21NO3/c1-3-12-6-4-5-7-14(12)15(18)16-8-11(2)19-13(9-16)10-17/h4-7,11,13,17H,3,8-10H2,1-2H3. The molecular formula is C15H21NO3. The molecule has 1 fully saturated rings. The average Bonchev–Trinajstić information content (AvgIpc) is 2.45. The molecule has 1 aromatic carbocycles.